The number of aliphatic hydroxyl groups excluding tert-OH is 1. The molecule has 28 heavy (non-hydrogen) atoms. The van der Waals surface area contributed by atoms with Gasteiger partial charge in [-0.3, -0.25) is 4.79 Å². The van der Waals surface area contributed by atoms with Crippen molar-refractivity contribution in [2.75, 3.05) is 6.61 Å². The summed E-state index contributed by atoms with van der Waals surface area (Å²) in [6.45, 7) is 2.13. The van der Waals surface area contributed by atoms with Crippen LogP contribution in [0.5, 0.6) is 5.75 Å². The molecular formula is C25H25O3. The maximum Gasteiger partial charge on any atom is 0.143 e. The first-order valence-electron chi connectivity index (χ1n) is 9.61. The smallest absolute Gasteiger partial charge is 0.143 e. The molecule has 0 aliphatic heterocycles. The van der Waals surface area contributed by atoms with E-state index < -0.39 is 6.10 Å². The van der Waals surface area contributed by atoms with Crippen molar-refractivity contribution in [2.24, 2.45) is 0 Å². The number of carbonyl (C=O) groups is 1. The highest BCUT2D eigenvalue weighted by molar-refractivity contribution is 5.85. The van der Waals surface area contributed by atoms with E-state index in [-0.39, 0.29) is 18.3 Å². The lowest BCUT2D eigenvalue weighted by atomic mass is 9.91. The summed E-state index contributed by atoms with van der Waals surface area (Å²) in [6, 6.07) is 27.8. The van der Waals surface area contributed by atoms with Crippen LogP contribution < -0.4 is 4.74 Å². The van der Waals surface area contributed by atoms with Crippen LogP contribution in [0.25, 0.3) is 0 Å². The molecule has 0 bridgehead atoms. The van der Waals surface area contributed by atoms with Gasteiger partial charge in [-0.2, -0.15) is 0 Å². The Bertz CT molecular complexity index is 875. The molecule has 3 heteroatoms. The normalized spacial score (nSPS) is 12.9. The maximum atomic E-state index is 12.6. The van der Waals surface area contributed by atoms with Crippen LogP contribution in [0.4, 0.5) is 0 Å². The topological polar surface area (TPSA) is 46.5 Å². The zero-order valence-corrected chi connectivity index (χ0v) is 16.0. The number of rotatable bonds is 9. The lowest BCUT2D eigenvalue weighted by Gasteiger charge is -2.19. The fraction of sp³-hybridized carbons (Fsp3) is 0.240. The molecule has 3 rings (SSSR count). The standard InChI is InChI=1S/C25H25O3/c1-2-24(26)23(18-28-22-14-7-4-8-15-22)20-12-9-13-21(17-20)25(27)16-19-10-5-3-6-11-19/h3-7,9-15,17,23,25,27H,2,16,18H2,1H3. The van der Waals surface area contributed by atoms with Crippen LogP contribution in [-0.4, -0.2) is 17.5 Å². The van der Waals surface area contributed by atoms with E-state index in [4.69, 9.17) is 4.74 Å². The molecule has 3 nitrogen and oxygen atoms in total. The number of ketones is 1. The molecule has 2 unspecified atom stereocenters. The Morgan fingerprint density at radius 3 is 2.54 bits per heavy atom. The molecule has 0 heterocycles. The van der Waals surface area contributed by atoms with Gasteiger partial charge in [-0.1, -0.05) is 73.7 Å². The highest BCUT2D eigenvalue weighted by Crippen LogP contribution is 2.25. The van der Waals surface area contributed by atoms with Gasteiger partial charge in [0.2, 0.25) is 0 Å². The van der Waals surface area contributed by atoms with Crippen LogP contribution in [0.15, 0.2) is 78.9 Å². The third-order valence-corrected chi connectivity index (χ3v) is 4.80. The van der Waals surface area contributed by atoms with Gasteiger partial charge >= 0.3 is 0 Å². The van der Waals surface area contributed by atoms with Crippen LogP contribution in [0.2, 0.25) is 0 Å². The predicted molar refractivity (Wildman–Crippen MR) is 110 cm³/mol. The molecule has 143 valence electrons. The van der Waals surface area contributed by atoms with E-state index in [1.54, 1.807) is 12.1 Å². The van der Waals surface area contributed by atoms with E-state index in [1.165, 1.54) is 0 Å². The van der Waals surface area contributed by atoms with E-state index in [0.29, 0.717) is 18.6 Å². The van der Waals surface area contributed by atoms with Crippen LogP contribution in [0, 0.1) is 6.07 Å². The average Bonchev–Trinajstić information content (AvgIpc) is 2.75. The highest BCUT2D eigenvalue weighted by Gasteiger charge is 2.21. The van der Waals surface area contributed by atoms with Crippen molar-refractivity contribution in [3.63, 3.8) is 0 Å². The lowest BCUT2D eigenvalue weighted by molar-refractivity contribution is -0.120. The molecule has 0 aromatic heterocycles. The first kappa shape index (κ1) is 19.8. The average molecular weight is 373 g/mol. The van der Waals surface area contributed by atoms with Crippen molar-refractivity contribution >= 4 is 5.78 Å². The monoisotopic (exact) mass is 373 g/mol. The molecule has 0 aliphatic carbocycles. The van der Waals surface area contributed by atoms with Crippen LogP contribution in [0.3, 0.4) is 0 Å². The fourth-order valence-electron chi connectivity index (χ4n) is 3.21. The summed E-state index contributed by atoms with van der Waals surface area (Å²) >= 11 is 0. The number of carbonyl (C=O) groups excluding carboxylic acids is 1. The minimum atomic E-state index is -0.621. The lowest BCUT2D eigenvalue weighted by Crippen LogP contribution is -2.20. The highest BCUT2D eigenvalue weighted by atomic mass is 16.5. The molecule has 0 aliphatic rings. The molecule has 0 amide bonds. The number of hydrogen-bond acceptors (Lipinski definition) is 3. The number of aliphatic hydroxyl groups is 1. The van der Waals surface area contributed by atoms with E-state index in [1.807, 2.05) is 73.7 Å². The number of benzene rings is 3. The molecule has 3 aromatic rings. The second kappa shape index (κ2) is 9.86. The summed E-state index contributed by atoms with van der Waals surface area (Å²) in [5.41, 5.74) is 2.75. The number of hydrogen-bond donors (Lipinski definition) is 1. The fourth-order valence-corrected chi connectivity index (χ4v) is 3.21. The molecule has 0 spiro atoms. The van der Waals surface area contributed by atoms with Gasteiger partial charge in [-0.15, -0.1) is 0 Å². The summed E-state index contributed by atoms with van der Waals surface area (Å²) in [6.07, 6.45) is 0.350. The Hall–Kier alpha value is -2.91. The van der Waals surface area contributed by atoms with Crippen molar-refractivity contribution in [1.29, 1.82) is 0 Å². The van der Waals surface area contributed by atoms with Gasteiger partial charge < -0.3 is 9.84 Å². The SMILES string of the molecule is CCC(=O)C(COc1c[c]ccc1)c1cccc(C(O)Cc2ccccc2)c1. The number of Topliss-reactive ketones (excluding diaryl/α,β-unsaturated/α-hetero) is 1. The van der Waals surface area contributed by atoms with Crippen molar-refractivity contribution in [3.05, 3.63) is 102 Å². The third-order valence-electron chi connectivity index (χ3n) is 4.80. The van der Waals surface area contributed by atoms with E-state index in [9.17, 15) is 9.90 Å². The van der Waals surface area contributed by atoms with E-state index in [0.717, 1.165) is 16.7 Å². The first-order chi connectivity index (χ1) is 13.7. The molecule has 3 aromatic carbocycles. The second-order valence-corrected chi connectivity index (χ2v) is 6.80. The summed E-state index contributed by atoms with van der Waals surface area (Å²) < 4.78 is 5.83. The van der Waals surface area contributed by atoms with Crippen LogP contribution in [-0.2, 0) is 11.2 Å². The molecule has 0 saturated heterocycles. The van der Waals surface area contributed by atoms with Crippen molar-refractivity contribution in [1.82, 2.24) is 0 Å². The number of ether oxygens (including phenoxy) is 1. The van der Waals surface area contributed by atoms with Crippen LogP contribution >= 0.6 is 0 Å². The molecule has 0 fully saturated rings. The molecule has 2 atom stereocenters. The Morgan fingerprint density at radius 2 is 1.82 bits per heavy atom. The molecular weight excluding hydrogens is 348 g/mol. The van der Waals surface area contributed by atoms with Gasteiger partial charge in [-0.05, 0) is 34.9 Å². The second-order valence-electron chi connectivity index (χ2n) is 6.80. The van der Waals surface area contributed by atoms with Crippen molar-refractivity contribution < 1.29 is 14.6 Å². The summed E-state index contributed by atoms with van der Waals surface area (Å²) in [5, 5.41) is 10.7. The summed E-state index contributed by atoms with van der Waals surface area (Å²) in [4.78, 5) is 12.6. The van der Waals surface area contributed by atoms with Crippen molar-refractivity contribution in [3.8, 4) is 5.75 Å². The van der Waals surface area contributed by atoms with Gasteiger partial charge in [0.15, 0.2) is 0 Å². The van der Waals surface area contributed by atoms with Gasteiger partial charge in [-0.25, -0.2) is 0 Å². The molecule has 0 saturated carbocycles. The van der Waals surface area contributed by atoms with E-state index >= 15 is 0 Å². The van der Waals surface area contributed by atoms with E-state index in [2.05, 4.69) is 6.07 Å². The van der Waals surface area contributed by atoms with Gasteiger partial charge in [0, 0.05) is 12.8 Å². The minimum absolute atomic E-state index is 0.120. The summed E-state index contributed by atoms with van der Waals surface area (Å²) in [7, 11) is 0. The zero-order valence-electron chi connectivity index (χ0n) is 16.0. The quantitative estimate of drug-likeness (QED) is 0.580. The Morgan fingerprint density at radius 1 is 1.04 bits per heavy atom. The zero-order chi connectivity index (χ0) is 19.8. The third kappa shape index (κ3) is 5.30. The molecule has 1 radical (unpaired) electrons. The van der Waals surface area contributed by atoms with Crippen molar-refractivity contribution in [2.45, 2.75) is 31.8 Å². The van der Waals surface area contributed by atoms with Gasteiger partial charge in [0.25, 0.3) is 0 Å². The largest absolute Gasteiger partial charge is 0.492 e. The molecule has 1 N–H and O–H groups in total. The van der Waals surface area contributed by atoms with Gasteiger partial charge in [0.05, 0.1) is 12.0 Å². The van der Waals surface area contributed by atoms with Gasteiger partial charge in [0.1, 0.15) is 18.1 Å². The maximum absolute atomic E-state index is 12.6. The summed E-state index contributed by atoms with van der Waals surface area (Å²) in [5.74, 6) is 0.445. The van der Waals surface area contributed by atoms with Crippen LogP contribution in [0.1, 0.15) is 42.1 Å². The first-order valence-corrected chi connectivity index (χ1v) is 9.61. The predicted octanol–water partition coefficient (Wildman–Crippen LogP) is 4.90. The Labute approximate surface area is 166 Å². The Balaban J connectivity index is 1.76. The minimum Gasteiger partial charge on any atom is -0.492 e. The Kier molecular flexibility index (Phi) is 6.99.